The van der Waals surface area contributed by atoms with Crippen molar-refractivity contribution in [2.45, 2.75) is 58.6 Å². The number of ketones is 1. The Morgan fingerprint density at radius 3 is 2.61 bits per heavy atom. The van der Waals surface area contributed by atoms with Crippen molar-refractivity contribution in [3.05, 3.63) is 0 Å². The third kappa shape index (κ3) is 4.06. The number of nitrogens with zero attached hydrogens (tertiary/aromatic N) is 1. The first kappa shape index (κ1) is 14.6. The number of carbonyl (C=O) groups excluding carboxylic acids is 2. The number of Topliss-reactive ketones (excluding diaryl/α,β-unsaturated/α-hetero) is 1. The zero-order valence-electron chi connectivity index (χ0n) is 11.6. The molecule has 0 spiro atoms. The summed E-state index contributed by atoms with van der Waals surface area (Å²) in [5.74, 6) is 5.46. The lowest BCUT2D eigenvalue weighted by molar-refractivity contribution is -0.122. The Bertz CT molecular complexity index is 384. The molecule has 4 heteroatoms. The Balaban J connectivity index is 2.66. The minimum atomic E-state index is -0.531. The Labute approximate surface area is 109 Å². The van der Waals surface area contributed by atoms with Crippen molar-refractivity contribution in [2.75, 3.05) is 6.54 Å². The Morgan fingerprint density at radius 2 is 2.06 bits per heavy atom. The number of likely N-dealkylation sites (tertiary alicyclic amines) is 1. The standard InChI is InChI=1S/C14H21NO3/c1-5-6-9-12(16)11-8-7-10-15(11)13(17)18-14(2,3)4/h11H,7-10H2,1-4H3. The van der Waals surface area contributed by atoms with Gasteiger partial charge in [-0.1, -0.05) is 5.92 Å². The van der Waals surface area contributed by atoms with E-state index < -0.39 is 11.7 Å². The highest BCUT2D eigenvalue weighted by molar-refractivity contribution is 5.89. The van der Waals surface area contributed by atoms with Crippen molar-refractivity contribution in [3.8, 4) is 11.8 Å². The number of rotatable bonds is 2. The van der Waals surface area contributed by atoms with Gasteiger partial charge in [0.1, 0.15) is 5.60 Å². The fraction of sp³-hybridized carbons (Fsp3) is 0.714. The molecule has 4 nitrogen and oxygen atoms in total. The smallest absolute Gasteiger partial charge is 0.410 e. The van der Waals surface area contributed by atoms with Crippen LogP contribution in [0.25, 0.3) is 0 Å². The van der Waals surface area contributed by atoms with Crippen LogP contribution in [0.5, 0.6) is 0 Å². The first-order valence-corrected chi connectivity index (χ1v) is 6.27. The molecule has 1 fully saturated rings. The molecule has 1 saturated heterocycles. The van der Waals surface area contributed by atoms with Gasteiger partial charge in [-0.2, -0.15) is 0 Å². The van der Waals surface area contributed by atoms with Crippen LogP contribution < -0.4 is 0 Å². The second-order valence-electron chi connectivity index (χ2n) is 5.40. The van der Waals surface area contributed by atoms with Gasteiger partial charge in [0.25, 0.3) is 0 Å². The normalized spacial score (nSPS) is 19.1. The summed E-state index contributed by atoms with van der Waals surface area (Å²) in [5, 5.41) is 0. The van der Waals surface area contributed by atoms with Crippen LogP contribution in [0.4, 0.5) is 4.79 Å². The van der Waals surface area contributed by atoms with Gasteiger partial charge in [0.2, 0.25) is 0 Å². The average molecular weight is 251 g/mol. The fourth-order valence-electron chi connectivity index (χ4n) is 1.93. The third-order valence-electron chi connectivity index (χ3n) is 2.69. The van der Waals surface area contributed by atoms with Gasteiger partial charge >= 0.3 is 6.09 Å². The van der Waals surface area contributed by atoms with E-state index in [2.05, 4.69) is 11.8 Å². The molecule has 1 aliphatic heterocycles. The second-order valence-corrected chi connectivity index (χ2v) is 5.40. The maximum Gasteiger partial charge on any atom is 0.410 e. The lowest BCUT2D eigenvalue weighted by Crippen LogP contribution is -2.43. The van der Waals surface area contributed by atoms with Gasteiger partial charge in [-0.3, -0.25) is 9.69 Å². The summed E-state index contributed by atoms with van der Waals surface area (Å²) in [4.78, 5) is 25.4. The van der Waals surface area contributed by atoms with Gasteiger partial charge in [0.05, 0.1) is 12.5 Å². The third-order valence-corrected chi connectivity index (χ3v) is 2.69. The van der Waals surface area contributed by atoms with Crippen LogP contribution in [0.2, 0.25) is 0 Å². The summed E-state index contributed by atoms with van der Waals surface area (Å²) in [5.41, 5.74) is -0.531. The molecular weight excluding hydrogens is 230 g/mol. The van der Waals surface area contributed by atoms with E-state index in [0.29, 0.717) is 13.0 Å². The van der Waals surface area contributed by atoms with Crippen molar-refractivity contribution in [2.24, 2.45) is 0 Å². The molecule has 0 bridgehead atoms. The van der Waals surface area contributed by atoms with E-state index >= 15 is 0 Å². The molecule has 1 amide bonds. The molecule has 0 aliphatic carbocycles. The first-order valence-electron chi connectivity index (χ1n) is 6.27. The van der Waals surface area contributed by atoms with Crippen molar-refractivity contribution in [1.82, 2.24) is 4.90 Å². The summed E-state index contributed by atoms with van der Waals surface area (Å²) in [6.07, 6.45) is 1.36. The molecule has 0 aromatic carbocycles. The van der Waals surface area contributed by atoms with Crippen molar-refractivity contribution in [3.63, 3.8) is 0 Å². The molecular formula is C14H21NO3. The number of amides is 1. The van der Waals surface area contributed by atoms with Crippen molar-refractivity contribution >= 4 is 11.9 Å². The summed E-state index contributed by atoms with van der Waals surface area (Å²) < 4.78 is 5.31. The van der Waals surface area contributed by atoms with Crippen LogP contribution in [0, 0.1) is 11.8 Å². The molecule has 0 radical (unpaired) electrons. The van der Waals surface area contributed by atoms with Gasteiger partial charge < -0.3 is 4.74 Å². The van der Waals surface area contributed by atoms with Crippen molar-refractivity contribution < 1.29 is 14.3 Å². The zero-order chi connectivity index (χ0) is 13.8. The number of ether oxygens (including phenoxy) is 1. The molecule has 1 aliphatic rings. The minimum absolute atomic E-state index is 0.00714. The van der Waals surface area contributed by atoms with Crippen LogP contribution in [-0.4, -0.2) is 35.0 Å². The van der Waals surface area contributed by atoms with Gasteiger partial charge in [-0.05, 0) is 40.5 Å². The van der Waals surface area contributed by atoms with E-state index in [1.807, 2.05) is 20.8 Å². The largest absolute Gasteiger partial charge is 0.444 e. The summed E-state index contributed by atoms with van der Waals surface area (Å²) in [6, 6.07) is -0.360. The Morgan fingerprint density at radius 1 is 1.39 bits per heavy atom. The predicted molar refractivity (Wildman–Crippen MR) is 69.0 cm³/mol. The summed E-state index contributed by atoms with van der Waals surface area (Å²) in [6.45, 7) is 7.75. The highest BCUT2D eigenvalue weighted by Crippen LogP contribution is 2.22. The van der Waals surface area contributed by atoms with E-state index in [-0.39, 0.29) is 18.2 Å². The maximum atomic E-state index is 12.0. The lowest BCUT2D eigenvalue weighted by Gasteiger charge is -2.27. The van der Waals surface area contributed by atoms with Crippen LogP contribution in [-0.2, 0) is 9.53 Å². The molecule has 18 heavy (non-hydrogen) atoms. The average Bonchev–Trinajstić information content (AvgIpc) is 2.72. The molecule has 0 N–H and O–H groups in total. The molecule has 0 saturated carbocycles. The minimum Gasteiger partial charge on any atom is -0.444 e. The highest BCUT2D eigenvalue weighted by atomic mass is 16.6. The van der Waals surface area contributed by atoms with Gasteiger partial charge in [0, 0.05) is 6.54 Å². The monoisotopic (exact) mass is 251 g/mol. The van der Waals surface area contributed by atoms with Crippen LogP contribution in [0.15, 0.2) is 0 Å². The van der Waals surface area contributed by atoms with Gasteiger partial charge in [-0.25, -0.2) is 4.79 Å². The second kappa shape index (κ2) is 5.90. The zero-order valence-corrected chi connectivity index (χ0v) is 11.6. The van der Waals surface area contributed by atoms with E-state index in [1.54, 1.807) is 6.92 Å². The van der Waals surface area contributed by atoms with Gasteiger partial charge in [0.15, 0.2) is 5.78 Å². The number of hydrogen-bond donors (Lipinski definition) is 0. The molecule has 1 heterocycles. The van der Waals surface area contributed by atoms with Gasteiger partial charge in [-0.15, -0.1) is 5.92 Å². The van der Waals surface area contributed by atoms with E-state index in [0.717, 1.165) is 6.42 Å². The van der Waals surface area contributed by atoms with Crippen LogP contribution in [0.3, 0.4) is 0 Å². The van der Waals surface area contributed by atoms with E-state index in [4.69, 9.17) is 4.74 Å². The highest BCUT2D eigenvalue weighted by Gasteiger charge is 2.35. The molecule has 100 valence electrons. The topological polar surface area (TPSA) is 46.6 Å². The fourth-order valence-corrected chi connectivity index (χ4v) is 1.93. The van der Waals surface area contributed by atoms with Crippen molar-refractivity contribution in [1.29, 1.82) is 0 Å². The molecule has 1 atom stereocenters. The SMILES string of the molecule is CC#CCC(=O)C1CCCN1C(=O)OC(C)(C)C. The number of hydrogen-bond acceptors (Lipinski definition) is 3. The first-order chi connectivity index (χ1) is 8.35. The van der Waals surface area contributed by atoms with Crippen LogP contribution in [0.1, 0.15) is 47.0 Å². The Kier molecular flexibility index (Phi) is 4.77. The molecule has 1 rings (SSSR count). The Hall–Kier alpha value is -1.50. The summed E-state index contributed by atoms with van der Waals surface area (Å²) in [7, 11) is 0. The number of carbonyl (C=O) groups is 2. The lowest BCUT2D eigenvalue weighted by atomic mass is 10.1. The van der Waals surface area contributed by atoms with Crippen LogP contribution >= 0.6 is 0 Å². The predicted octanol–water partition coefficient (Wildman–Crippen LogP) is 2.37. The maximum absolute atomic E-state index is 12.0. The molecule has 1 unspecified atom stereocenters. The summed E-state index contributed by atoms with van der Waals surface area (Å²) >= 11 is 0. The van der Waals surface area contributed by atoms with E-state index in [9.17, 15) is 9.59 Å². The quantitative estimate of drug-likeness (QED) is 0.708. The van der Waals surface area contributed by atoms with E-state index in [1.165, 1.54) is 4.90 Å². The molecule has 0 aromatic heterocycles. The molecule has 0 aromatic rings.